The molecule has 2 aromatic carbocycles. The van der Waals surface area contributed by atoms with Gasteiger partial charge in [-0.2, -0.15) is 0 Å². The molecule has 1 unspecified atom stereocenters. The Kier molecular flexibility index (Phi) is 3.38. The smallest absolute Gasteiger partial charge is 0.149 e. The van der Waals surface area contributed by atoms with E-state index in [1.807, 2.05) is 6.07 Å². The third-order valence-corrected chi connectivity index (χ3v) is 4.15. The summed E-state index contributed by atoms with van der Waals surface area (Å²) in [7, 11) is 0. The van der Waals surface area contributed by atoms with Crippen molar-refractivity contribution in [1.29, 1.82) is 0 Å². The van der Waals surface area contributed by atoms with Crippen molar-refractivity contribution in [2.75, 3.05) is 5.32 Å². The van der Waals surface area contributed by atoms with Gasteiger partial charge < -0.3 is 10.4 Å². The number of aromatic hydroxyl groups is 1. The highest BCUT2D eigenvalue weighted by atomic mass is 79.9. The fourth-order valence-electron chi connectivity index (χ4n) is 2.57. The molecule has 2 nitrogen and oxygen atoms in total. The summed E-state index contributed by atoms with van der Waals surface area (Å²) in [4.78, 5) is 0. The van der Waals surface area contributed by atoms with E-state index in [9.17, 15) is 13.9 Å². The molecule has 0 bridgehead atoms. The van der Waals surface area contributed by atoms with Crippen LogP contribution in [0.1, 0.15) is 23.6 Å². The SMILES string of the molecule is Oc1ccc2c(c1)CCC2Nc1cc(Br)c(F)cc1F. The number of phenols is 1. The van der Waals surface area contributed by atoms with Crippen LogP contribution in [0.2, 0.25) is 0 Å². The van der Waals surface area contributed by atoms with E-state index in [4.69, 9.17) is 0 Å². The van der Waals surface area contributed by atoms with Crippen molar-refractivity contribution in [3.8, 4) is 5.75 Å². The van der Waals surface area contributed by atoms with Crippen LogP contribution >= 0.6 is 15.9 Å². The number of benzene rings is 2. The van der Waals surface area contributed by atoms with E-state index >= 15 is 0 Å². The first-order valence-corrected chi connectivity index (χ1v) is 7.07. The average molecular weight is 340 g/mol. The fourth-order valence-corrected chi connectivity index (χ4v) is 2.92. The standard InChI is InChI=1S/C15H12BrF2NO/c16-11-6-15(13(18)7-12(11)17)19-14-4-1-8-5-9(20)2-3-10(8)14/h2-3,5-7,14,19-20H,1,4H2. The van der Waals surface area contributed by atoms with Gasteiger partial charge >= 0.3 is 0 Å². The summed E-state index contributed by atoms with van der Waals surface area (Å²) in [5.74, 6) is -0.997. The van der Waals surface area contributed by atoms with Crippen LogP contribution in [0.5, 0.6) is 5.75 Å². The van der Waals surface area contributed by atoms with Crippen molar-refractivity contribution >= 4 is 21.6 Å². The molecule has 2 aromatic rings. The Bertz CT molecular complexity index is 675. The van der Waals surface area contributed by atoms with Gasteiger partial charge in [0.2, 0.25) is 0 Å². The molecular formula is C15H12BrF2NO. The molecule has 1 aliphatic rings. The van der Waals surface area contributed by atoms with E-state index in [1.54, 1.807) is 12.1 Å². The molecule has 1 aliphatic carbocycles. The third-order valence-electron chi connectivity index (χ3n) is 3.54. The molecule has 0 radical (unpaired) electrons. The van der Waals surface area contributed by atoms with Gasteiger partial charge in [0.25, 0.3) is 0 Å². The van der Waals surface area contributed by atoms with E-state index in [0.717, 1.165) is 30.0 Å². The van der Waals surface area contributed by atoms with Crippen molar-refractivity contribution in [3.05, 3.63) is 57.6 Å². The monoisotopic (exact) mass is 339 g/mol. The van der Waals surface area contributed by atoms with Crippen LogP contribution in [-0.2, 0) is 6.42 Å². The predicted octanol–water partition coefficient (Wildman–Crippen LogP) is 4.53. The number of fused-ring (bicyclic) bond motifs is 1. The second-order valence-electron chi connectivity index (χ2n) is 4.86. The Labute approximate surface area is 123 Å². The summed E-state index contributed by atoms with van der Waals surface area (Å²) in [6.07, 6.45) is 1.64. The second kappa shape index (κ2) is 5.05. The summed E-state index contributed by atoms with van der Waals surface area (Å²) in [6.45, 7) is 0. The third kappa shape index (κ3) is 2.38. The van der Waals surface area contributed by atoms with Crippen molar-refractivity contribution in [2.24, 2.45) is 0 Å². The van der Waals surface area contributed by atoms with Crippen LogP contribution in [-0.4, -0.2) is 5.11 Å². The molecule has 0 heterocycles. The molecular weight excluding hydrogens is 328 g/mol. The van der Waals surface area contributed by atoms with Gasteiger partial charge in [0.1, 0.15) is 17.4 Å². The van der Waals surface area contributed by atoms with Crippen LogP contribution in [0.3, 0.4) is 0 Å². The minimum atomic E-state index is -0.621. The van der Waals surface area contributed by atoms with E-state index in [2.05, 4.69) is 21.2 Å². The molecule has 0 spiro atoms. The molecule has 1 atom stereocenters. The van der Waals surface area contributed by atoms with Crippen LogP contribution in [0.4, 0.5) is 14.5 Å². The molecule has 0 aliphatic heterocycles. The average Bonchev–Trinajstić information content (AvgIpc) is 2.78. The van der Waals surface area contributed by atoms with Gasteiger partial charge in [0.15, 0.2) is 0 Å². The maximum Gasteiger partial charge on any atom is 0.149 e. The number of rotatable bonds is 2. The van der Waals surface area contributed by atoms with Gasteiger partial charge in [0, 0.05) is 6.07 Å². The van der Waals surface area contributed by atoms with E-state index in [1.165, 1.54) is 6.07 Å². The highest BCUT2D eigenvalue weighted by Crippen LogP contribution is 2.36. The van der Waals surface area contributed by atoms with Crippen molar-refractivity contribution in [3.63, 3.8) is 0 Å². The van der Waals surface area contributed by atoms with Gasteiger partial charge in [-0.3, -0.25) is 0 Å². The molecule has 0 saturated heterocycles. The second-order valence-corrected chi connectivity index (χ2v) is 5.72. The lowest BCUT2D eigenvalue weighted by molar-refractivity contribution is 0.474. The zero-order valence-electron chi connectivity index (χ0n) is 10.5. The van der Waals surface area contributed by atoms with Gasteiger partial charge in [-0.25, -0.2) is 8.78 Å². The Morgan fingerprint density at radius 1 is 1.15 bits per heavy atom. The molecule has 3 rings (SSSR count). The number of nitrogens with one attached hydrogen (secondary N) is 1. The lowest BCUT2D eigenvalue weighted by Gasteiger charge is -2.16. The minimum absolute atomic E-state index is 0.0301. The summed E-state index contributed by atoms with van der Waals surface area (Å²) < 4.78 is 27.2. The molecule has 104 valence electrons. The largest absolute Gasteiger partial charge is 0.508 e. The zero-order chi connectivity index (χ0) is 14.3. The van der Waals surface area contributed by atoms with Crippen LogP contribution in [0.15, 0.2) is 34.8 Å². The molecule has 0 amide bonds. The van der Waals surface area contributed by atoms with E-state index < -0.39 is 11.6 Å². The molecule has 20 heavy (non-hydrogen) atoms. The molecule has 0 fully saturated rings. The number of anilines is 1. The summed E-state index contributed by atoms with van der Waals surface area (Å²) in [5, 5.41) is 12.6. The van der Waals surface area contributed by atoms with Crippen molar-refractivity contribution < 1.29 is 13.9 Å². The number of phenolic OH excluding ortho intramolecular Hbond substituents is 1. The van der Waals surface area contributed by atoms with Gasteiger partial charge in [-0.1, -0.05) is 6.07 Å². The lowest BCUT2D eigenvalue weighted by Crippen LogP contribution is -2.08. The van der Waals surface area contributed by atoms with Crippen LogP contribution in [0, 0.1) is 11.6 Å². The minimum Gasteiger partial charge on any atom is -0.508 e. The quantitative estimate of drug-likeness (QED) is 0.787. The predicted molar refractivity (Wildman–Crippen MR) is 76.8 cm³/mol. The topological polar surface area (TPSA) is 32.3 Å². The zero-order valence-corrected chi connectivity index (χ0v) is 12.0. The Hall–Kier alpha value is -1.62. The lowest BCUT2D eigenvalue weighted by atomic mass is 10.1. The maximum absolute atomic E-state index is 13.8. The van der Waals surface area contributed by atoms with Crippen molar-refractivity contribution in [2.45, 2.75) is 18.9 Å². The summed E-state index contributed by atoms with van der Waals surface area (Å²) in [6, 6.07) is 7.43. The number of hydrogen-bond acceptors (Lipinski definition) is 2. The molecule has 5 heteroatoms. The first-order chi connectivity index (χ1) is 9.54. The summed E-state index contributed by atoms with van der Waals surface area (Å²) in [5.41, 5.74) is 2.37. The highest BCUT2D eigenvalue weighted by Gasteiger charge is 2.23. The highest BCUT2D eigenvalue weighted by molar-refractivity contribution is 9.10. The Morgan fingerprint density at radius 2 is 1.95 bits per heavy atom. The van der Waals surface area contributed by atoms with Crippen LogP contribution in [0.25, 0.3) is 0 Å². The Balaban J connectivity index is 1.89. The Morgan fingerprint density at radius 3 is 2.75 bits per heavy atom. The first kappa shape index (κ1) is 13.4. The summed E-state index contributed by atoms with van der Waals surface area (Å²) >= 11 is 3.06. The van der Waals surface area contributed by atoms with Crippen molar-refractivity contribution in [1.82, 2.24) is 0 Å². The van der Waals surface area contributed by atoms with E-state index in [0.29, 0.717) is 0 Å². The fraction of sp³-hybridized carbons (Fsp3) is 0.200. The maximum atomic E-state index is 13.8. The van der Waals surface area contributed by atoms with E-state index in [-0.39, 0.29) is 22.0 Å². The molecule has 2 N–H and O–H groups in total. The molecule has 0 saturated carbocycles. The first-order valence-electron chi connectivity index (χ1n) is 6.27. The van der Waals surface area contributed by atoms with Crippen LogP contribution < -0.4 is 5.32 Å². The van der Waals surface area contributed by atoms with Gasteiger partial charge in [-0.15, -0.1) is 0 Å². The van der Waals surface area contributed by atoms with Gasteiger partial charge in [-0.05, 0) is 58.1 Å². The number of hydrogen-bond donors (Lipinski definition) is 2. The normalized spacial score (nSPS) is 17.1. The number of halogens is 3. The number of aryl methyl sites for hydroxylation is 1. The molecule has 0 aromatic heterocycles. The van der Waals surface area contributed by atoms with Gasteiger partial charge in [0.05, 0.1) is 16.2 Å².